The Morgan fingerprint density at radius 1 is 1.04 bits per heavy atom. The average Bonchev–Trinajstić information content (AvgIpc) is 2.69. The van der Waals surface area contributed by atoms with E-state index < -0.39 is 16.2 Å². The van der Waals surface area contributed by atoms with Gasteiger partial charge in [-0.25, -0.2) is 4.79 Å². The predicted octanol–water partition coefficient (Wildman–Crippen LogP) is 2.34. The van der Waals surface area contributed by atoms with Gasteiger partial charge in [0.15, 0.2) is 0 Å². The van der Waals surface area contributed by atoms with Gasteiger partial charge in [0, 0.05) is 17.0 Å². The molecule has 9 heteroatoms. The largest absolute Gasteiger partial charge is 0.507 e. The summed E-state index contributed by atoms with van der Waals surface area (Å²) in [7, 11) is 0. The lowest BCUT2D eigenvalue weighted by molar-refractivity contribution is -0.383. The Bertz CT molecular complexity index is 1400. The minimum atomic E-state index is -0.769. The summed E-state index contributed by atoms with van der Waals surface area (Å²) in [6, 6.07) is 13.9. The predicted molar refractivity (Wildman–Crippen MR) is 104 cm³/mol. The zero-order valence-electron chi connectivity index (χ0n) is 14.2. The molecule has 0 bridgehead atoms. The Balaban J connectivity index is 1.92. The van der Waals surface area contributed by atoms with Crippen LogP contribution >= 0.6 is 0 Å². The third kappa shape index (κ3) is 2.71. The van der Waals surface area contributed by atoms with Gasteiger partial charge < -0.3 is 10.1 Å². The third-order valence-electron chi connectivity index (χ3n) is 4.32. The van der Waals surface area contributed by atoms with Crippen LogP contribution < -0.4 is 11.2 Å². The molecule has 28 heavy (non-hydrogen) atoms. The lowest BCUT2D eigenvalue weighted by atomic mass is 10.0. The van der Waals surface area contributed by atoms with Crippen molar-refractivity contribution in [1.29, 1.82) is 0 Å². The maximum absolute atomic E-state index is 12.5. The van der Waals surface area contributed by atoms with Gasteiger partial charge in [-0.3, -0.25) is 14.9 Å². The highest BCUT2D eigenvalue weighted by Gasteiger charge is 2.17. The van der Waals surface area contributed by atoms with Crippen LogP contribution in [-0.4, -0.2) is 25.9 Å². The number of H-pyrrole nitrogens is 1. The van der Waals surface area contributed by atoms with Crippen molar-refractivity contribution < 1.29 is 10.0 Å². The fourth-order valence-corrected chi connectivity index (χ4v) is 2.99. The topological polar surface area (TPSA) is 131 Å². The van der Waals surface area contributed by atoms with Crippen LogP contribution in [0.4, 0.5) is 5.69 Å². The van der Waals surface area contributed by atoms with Crippen molar-refractivity contribution in [3.8, 4) is 5.75 Å². The van der Waals surface area contributed by atoms with Crippen molar-refractivity contribution in [1.82, 2.24) is 9.66 Å². The molecule has 0 fully saturated rings. The molecule has 0 spiro atoms. The Kier molecular flexibility index (Phi) is 3.96. The van der Waals surface area contributed by atoms with Crippen molar-refractivity contribution in [3.05, 3.63) is 91.1 Å². The Labute approximate surface area is 156 Å². The average molecular weight is 376 g/mol. The second-order valence-electron chi connectivity index (χ2n) is 5.97. The molecule has 0 aliphatic rings. The summed E-state index contributed by atoms with van der Waals surface area (Å²) >= 11 is 0. The number of rotatable bonds is 3. The molecular weight excluding hydrogens is 364 g/mol. The van der Waals surface area contributed by atoms with Crippen molar-refractivity contribution >= 4 is 33.6 Å². The molecule has 1 heterocycles. The number of fused-ring (bicyclic) bond motifs is 2. The number of nitrogens with zero attached hydrogens (tertiary/aromatic N) is 3. The number of phenols is 1. The van der Waals surface area contributed by atoms with Gasteiger partial charge in [0.05, 0.1) is 27.4 Å². The number of aromatic hydroxyl groups is 1. The van der Waals surface area contributed by atoms with E-state index in [4.69, 9.17) is 0 Å². The smallest absolute Gasteiger partial charge is 0.349 e. The highest BCUT2D eigenvalue weighted by molar-refractivity contribution is 6.02. The Morgan fingerprint density at radius 2 is 1.68 bits per heavy atom. The van der Waals surface area contributed by atoms with E-state index in [0.29, 0.717) is 10.2 Å². The quantitative estimate of drug-likeness (QED) is 0.322. The summed E-state index contributed by atoms with van der Waals surface area (Å²) in [5, 5.41) is 26.5. The molecule has 9 nitrogen and oxygen atoms in total. The molecule has 4 aromatic rings. The van der Waals surface area contributed by atoms with Crippen molar-refractivity contribution in [2.45, 2.75) is 0 Å². The van der Waals surface area contributed by atoms with E-state index in [9.17, 15) is 24.8 Å². The number of nitro groups is 1. The van der Waals surface area contributed by atoms with E-state index in [1.54, 1.807) is 30.3 Å². The lowest BCUT2D eigenvalue weighted by Crippen LogP contribution is -2.32. The van der Waals surface area contributed by atoms with Gasteiger partial charge in [-0.05, 0) is 18.2 Å². The number of para-hydroxylation sites is 1. The summed E-state index contributed by atoms with van der Waals surface area (Å²) in [6.07, 6.45) is 1.04. The summed E-state index contributed by atoms with van der Waals surface area (Å²) < 4.78 is 0.600. The number of aromatic amines is 1. The first-order chi connectivity index (χ1) is 13.5. The van der Waals surface area contributed by atoms with E-state index >= 15 is 0 Å². The maximum atomic E-state index is 12.5. The molecule has 0 aliphatic carbocycles. The molecule has 1 aromatic heterocycles. The number of hydrogen-bond acceptors (Lipinski definition) is 6. The van der Waals surface area contributed by atoms with Crippen molar-refractivity contribution in [2.75, 3.05) is 0 Å². The van der Waals surface area contributed by atoms with Crippen molar-refractivity contribution in [2.24, 2.45) is 5.10 Å². The second kappa shape index (κ2) is 6.47. The molecule has 0 aliphatic heterocycles. The van der Waals surface area contributed by atoms with Crippen LogP contribution in [0.3, 0.4) is 0 Å². The maximum Gasteiger partial charge on any atom is 0.349 e. The molecule has 0 radical (unpaired) electrons. The molecule has 3 aromatic carbocycles. The Hall–Kier alpha value is -4.27. The van der Waals surface area contributed by atoms with Gasteiger partial charge in [0.2, 0.25) is 0 Å². The van der Waals surface area contributed by atoms with E-state index in [2.05, 4.69) is 10.1 Å². The molecule has 4 rings (SSSR count). The molecule has 0 saturated heterocycles. The van der Waals surface area contributed by atoms with Gasteiger partial charge in [-0.2, -0.15) is 5.10 Å². The minimum Gasteiger partial charge on any atom is -0.507 e. The molecule has 0 unspecified atom stereocenters. The summed E-state index contributed by atoms with van der Waals surface area (Å²) in [5.74, 6) is -0.241. The van der Waals surface area contributed by atoms with Crippen LogP contribution in [0.5, 0.6) is 5.75 Å². The number of aromatic nitrogens is 2. The first-order valence-electron chi connectivity index (χ1n) is 8.15. The lowest BCUT2D eigenvalue weighted by Gasteiger charge is -2.06. The van der Waals surface area contributed by atoms with Gasteiger partial charge in [-0.1, -0.05) is 30.3 Å². The number of benzene rings is 3. The van der Waals surface area contributed by atoms with E-state index in [1.165, 1.54) is 18.2 Å². The molecule has 138 valence electrons. The molecule has 0 saturated carbocycles. The van der Waals surface area contributed by atoms with Crippen molar-refractivity contribution in [3.63, 3.8) is 0 Å². The van der Waals surface area contributed by atoms with Gasteiger partial charge in [0.1, 0.15) is 5.75 Å². The number of hydrogen-bond donors (Lipinski definition) is 2. The Morgan fingerprint density at radius 3 is 2.39 bits per heavy atom. The highest BCUT2D eigenvalue weighted by Crippen LogP contribution is 2.34. The normalized spacial score (nSPS) is 11.4. The monoisotopic (exact) mass is 376 g/mol. The standard InChI is InChI=1S/C19H12N4O5/c24-17-11(9-16(23(27)28)12-5-1-2-6-13(12)17)10-20-22-18(25)14-7-3-4-8-15(14)21-19(22)26/h1-10,24H,(H,21,26)/b20-10+. The zero-order valence-corrected chi connectivity index (χ0v) is 14.2. The zero-order chi connectivity index (χ0) is 19.8. The van der Waals surface area contributed by atoms with Gasteiger partial charge >= 0.3 is 5.69 Å². The summed E-state index contributed by atoms with van der Waals surface area (Å²) in [6.45, 7) is 0. The van der Waals surface area contributed by atoms with Crippen LogP contribution in [0, 0.1) is 10.1 Å². The number of nitro benzene ring substituents is 1. The molecule has 0 atom stereocenters. The fraction of sp³-hybridized carbons (Fsp3) is 0. The van der Waals surface area contributed by atoms with E-state index in [1.807, 2.05) is 0 Å². The highest BCUT2D eigenvalue weighted by atomic mass is 16.6. The van der Waals surface area contributed by atoms with Crippen LogP contribution in [0.2, 0.25) is 0 Å². The first kappa shape index (κ1) is 17.2. The van der Waals surface area contributed by atoms with E-state index in [0.717, 1.165) is 12.3 Å². The third-order valence-corrected chi connectivity index (χ3v) is 4.32. The molecule has 0 amide bonds. The SMILES string of the molecule is O=c1[nH]c2ccccc2c(=O)n1/N=C/c1cc([N+](=O)[O-])c2ccccc2c1O. The first-order valence-corrected chi connectivity index (χ1v) is 8.15. The fourth-order valence-electron chi connectivity index (χ4n) is 2.99. The van der Waals surface area contributed by atoms with E-state index in [-0.39, 0.29) is 33.2 Å². The van der Waals surface area contributed by atoms with Crippen LogP contribution in [-0.2, 0) is 0 Å². The second-order valence-corrected chi connectivity index (χ2v) is 5.97. The van der Waals surface area contributed by atoms with Gasteiger partial charge in [0.25, 0.3) is 11.2 Å². The van der Waals surface area contributed by atoms with Crippen LogP contribution in [0.1, 0.15) is 5.56 Å². The summed E-state index contributed by atoms with van der Waals surface area (Å²) in [4.78, 5) is 38.0. The molecular formula is C19H12N4O5. The minimum absolute atomic E-state index is 0.00450. The number of phenolic OH excluding ortho intramolecular Hbond substituents is 1. The number of nitrogens with one attached hydrogen (secondary N) is 1. The van der Waals surface area contributed by atoms with Crippen LogP contribution in [0.15, 0.2) is 69.3 Å². The van der Waals surface area contributed by atoms with Gasteiger partial charge in [-0.15, -0.1) is 4.68 Å². The summed E-state index contributed by atoms with van der Waals surface area (Å²) in [5.41, 5.74) is -1.27. The molecule has 2 N–H and O–H groups in total. The number of non-ortho nitro benzene ring substituents is 1. The van der Waals surface area contributed by atoms with Crippen LogP contribution in [0.25, 0.3) is 21.7 Å².